The van der Waals surface area contributed by atoms with Crippen LogP contribution in [0.5, 0.6) is 0 Å². The van der Waals surface area contributed by atoms with Gasteiger partial charge in [0.1, 0.15) is 0 Å². The zero-order valence-electron chi connectivity index (χ0n) is 11.5. The first-order valence-corrected chi connectivity index (χ1v) is 8.20. The van der Waals surface area contributed by atoms with E-state index >= 15 is 0 Å². The fourth-order valence-corrected chi connectivity index (χ4v) is 3.72. The van der Waals surface area contributed by atoms with Gasteiger partial charge in [0, 0.05) is 20.0 Å². The number of hydrogen-bond donors (Lipinski definition) is 1. The molecule has 0 saturated carbocycles. The van der Waals surface area contributed by atoms with E-state index in [1.807, 2.05) is 43.3 Å². The van der Waals surface area contributed by atoms with Gasteiger partial charge in [-0.25, -0.2) is 0 Å². The maximum absolute atomic E-state index is 6.41. The molecule has 3 rings (SSSR count). The highest BCUT2D eigenvalue weighted by molar-refractivity contribution is 9.11. The molecule has 1 unspecified atom stereocenters. The van der Waals surface area contributed by atoms with Crippen LogP contribution in [-0.4, -0.2) is 4.98 Å². The summed E-state index contributed by atoms with van der Waals surface area (Å²) in [7, 11) is 0. The Morgan fingerprint density at radius 1 is 0.905 bits per heavy atom. The highest BCUT2D eigenvalue weighted by Gasteiger charge is 2.11. The predicted octanol–water partition coefficient (Wildman–Crippen LogP) is 5.12. The molecular formula is C17H14Br2N2. The van der Waals surface area contributed by atoms with E-state index in [0.717, 1.165) is 36.7 Å². The van der Waals surface area contributed by atoms with Gasteiger partial charge < -0.3 is 5.73 Å². The van der Waals surface area contributed by atoms with Gasteiger partial charge in [0.15, 0.2) is 0 Å². The monoisotopic (exact) mass is 404 g/mol. The fraction of sp³-hybridized carbons (Fsp3) is 0.118. The molecule has 0 spiro atoms. The molecular weight excluding hydrogens is 392 g/mol. The number of fused-ring (bicyclic) bond motifs is 1. The first kappa shape index (κ1) is 14.7. The number of nitrogens with two attached hydrogens (primary N) is 1. The number of benzene rings is 2. The van der Waals surface area contributed by atoms with Crippen molar-refractivity contribution in [1.29, 1.82) is 0 Å². The van der Waals surface area contributed by atoms with Crippen LogP contribution in [0.15, 0.2) is 57.5 Å². The summed E-state index contributed by atoms with van der Waals surface area (Å²) < 4.78 is 2.03. The van der Waals surface area contributed by atoms with E-state index < -0.39 is 0 Å². The summed E-state index contributed by atoms with van der Waals surface area (Å²) in [5, 5.41) is 1.11. The molecule has 0 bridgehead atoms. The highest BCUT2D eigenvalue weighted by Crippen LogP contribution is 2.28. The van der Waals surface area contributed by atoms with Crippen LogP contribution < -0.4 is 5.73 Å². The molecule has 0 fully saturated rings. The van der Waals surface area contributed by atoms with Crippen LogP contribution in [0.1, 0.15) is 22.9 Å². The Balaban J connectivity index is 2.04. The van der Waals surface area contributed by atoms with E-state index in [1.54, 1.807) is 0 Å². The largest absolute Gasteiger partial charge is 0.320 e. The summed E-state index contributed by atoms with van der Waals surface area (Å²) in [5.41, 5.74) is 10.6. The second kappa shape index (κ2) is 5.87. The lowest BCUT2D eigenvalue weighted by molar-refractivity contribution is 0.871. The Kier molecular flexibility index (Phi) is 4.11. The van der Waals surface area contributed by atoms with Gasteiger partial charge in [0.2, 0.25) is 0 Å². The number of rotatable bonds is 2. The Morgan fingerprint density at radius 3 is 2.33 bits per heavy atom. The molecule has 3 aromatic rings. The number of halogens is 2. The molecule has 0 radical (unpaired) electrons. The number of aromatic nitrogens is 1. The third-order valence-electron chi connectivity index (χ3n) is 3.46. The Morgan fingerprint density at radius 2 is 1.62 bits per heavy atom. The number of aryl methyl sites for hydroxylation is 1. The van der Waals surface area contributed by atoms with Crippen molar-refractivity contribution in [3.63, 3.8) is 0 Å². The standard InChI is InChI=1S/C17H14Br2N2/c1-10-2-3-11-6-12(4-5-16(11)21-10)17(20)13-7-14(18)9-15(19)8-13/h2-9,17H,20H2,1H3. The van der Waals surface area contributed by atoms with E-state index in [2.05, 4.69) is 49.0 Å². The lowest BCUT2D eigenvalue weighted by Crippen LogP contribution is -2.11. The smallest absolute Gasteiger partial charge is 0.0705 e. The molecule has 2 nitrogen and oxygen atoms in total. The summed E-state index contributed by atoms with van der Waals surface area (Å²) in [6.45, 7) is 2.00. The minimum atomic E-state index is -0.162. The summed E-state index contributed by atoms with van der Waals surface area (Å²) >= 11 is 7.01. The van der Waals surface area contributed by atoms with Crippen molar-refractivity contribution in [1.82, 2.24) is 4.98 Å². The molecule has 0 saturated heterocycles. The van der Waals surface area contributed by atoms with E-state index in [9.17, 15) is 0 Å². The second-order valence-corrected chi connectivity index (χ2v) is 6.92. The summed E-state index contributed by atoms with van der Waals surface area (Å²) in [4.78, 5) is 4.52. The van der Waals surface area contributed by atoms with Crippen molar-refractivity contribution in [2.45, 2.75) is 13.0 Å². The maximum Gasteiger partial charge on any atom is 0.0705 e. The molecule has 2 N–H and O–H groups in total. The van der Waals surface area contributed by atoms with Gasteiger partial charge in [0.05, 0.1) is 11.6 Å². The Bertz CT molecular complexity index is 795. The first-order valence-electron chi connectivity index (χ1n) is 6.62. The fourth-order valence-electron chi connectivity index (χ4n) is 2.39. The SMILES string of the molecule is Cc1ccc2cc(C(N)c3cc(Br)cc(Br)c3)ccc2n1. The molecule has 2 aromatic carbocycles. The number of nitrogens with zero attached hydrogens (tertiary/aromatic N) is 1. The first-order chi connectivity index (χ1) is 10.0. The highest BCUT2D eigenvalue weighted by atomic mass is 79.9. The number of hydrogen-bond acceptors (Lipinski definition) is 2. The van der Waals surface area contributed by atoms with E-state index in [4.69, 9.17) is 5.73 Å². The van der Waals surface area contributed by atoms with Crippen molar-refractivity contribution in [2.24, 2.45) is 5.73 Å². The van der Waals surface area contributed by atoms with E-state index in [-0.39, 0.29) is 6.04 Å². The van der Waals surface area contributed by atoms with Gasteiger partial charge in [-0.3, -0.25) is 4.98 Å². The maximum atomic E-state index is 6.41. The molecule has 0 aliphatic carbocycles. The molecule has 21 heavy (non-hydrogen) atoms. The molecule has 0 aliphatic rings. The van der Waals surface area contributed by atoms with E-state index in [1.165, 1.54) is 0 Å². The third kappa shape index (κ3) is 3.18. The lowest BCUT2D eigenvalue weighted by atomic mass is 9.98. The van der Waals surface area contributed by atoms with Crippen molar-refractivity contribution < 1.29 is 0 Å². The third-order valence-corrected chi connectivity index (χ3v) is 4.37. The average Bonchev–Trinajstić information content (AvgIpc) is 2.45. The van der Waals surface area contributed by atoms with Crippen LogP contribution in [0, 0.1) is 6.92 Å². The molecule has 106 valence electrons. The van der Waals surface area contributed by atoms with Crippen LogP contribution >= 0.6 is 31.9 Å². The van der Waals surface area contributed by atoms with Crippen LogP contribution in [0.2, 0.25) is 0 Å². The Labute approximate surface area is 140 Å². The molecule has 1 heterocycles. The van der Waals surface area contributed by atoms with Crippen LogP contribution in [-0.2, 0) is 0 Å². The van der Waals surface area contributed by atoms with Crippen molar-refractivity contribution in [3.05, 3.63) is 74.3 Å². The predicted molar refractivity (Wildman–Crippen MR) is 94.4 cm³/mol. The van der Waals surface area contributed by atoms with E-state index in [0.29, 0.717) is 0 Å². The van der Waals surface area contributed by atoms with Crippen molar-refractivity contribution in [2.75, 3.05) is 0 Å². The quantitative estimate of drug-likeness (QED) is 0.642. The molecule has 0 amide bonds. The summed E-state index contributed by atoms with van der Waals surface area (Å²) in [6, 6.07) is 16.2. The average molecular weight is 406 g/mol. The van der Waals surface area contributed by atoms with Gasteiger partial charge in [-0.2, -0.15) is 0 Å². The summed E-state index contributed by atoms with van der Waals surface area (Å²) in [5.74, 6) is 0. The minimum Gasteiger partial charge on any atom is -0.320 e. The topological polar surface area (TPSA) is 38.9 Å². The van der Waals surface area contributed by atoms with Gasteiger partial charge in [-0.05, 0) is 54.4 Å². The molecule has 1 atom stereocenters. The summed E-state index contributed by atoms with van der Waals surface area (Å²) in [6.07, 6.45) is 0. The van der Waals surface area contributed by atoms with Crippen molar-refractivity contribution >= 4 is 42.8 Å². The lowest BCUT2D eigenvalue weighted by Gasteiger charge is -2.14. The molecule has 4 heteroatoms. The van der Waals surface area contributed by atoms with Gasteiger partial charge >= 0.3 is 0 Å². The van der Waals surface area contributed by atoms with Crippen LogP contribution in [0.4, 0.5) is 0 Å². The normalized spacial score (nSPS) is 12.6. The molecule has 0 aliphatic heterocycles. The van der Waals surface area contributed by atoms with Gasteiger partial charge in [-0.1, -0.05) is 44.0 Å². The van der Waals surface area contributed by atoms with Gasteiger partial charge in [0.25, 0.3) is 0 Å². The number of pyridine rings is 1. The van der Waals surface area contributed by atoms with Crippen molar-refractivity contribution in [3.8, 4) is 0 Å². The molecule has 1 aromatic heterocycles. The van der Waals surface area contributed by atoms with Crippen LogP contribution in [0.3, 0.4) is 0 Å². The zero-order valence-corrected chi connectivity index (χ0v) is 14.6. The van der Waals surface area contributed by atoms with Gasteiger partial charge in [-0.15, -0.1) is 0 Å². The second-order valence-electron chi connectivity index (χ2n) is 5.09. The van der Waals surface area contributed by atoms with Crippen LogP contribution in [0.25, 0.3) is 10.9 Å². The zero-order chi connectivity index (χ0) is 15.0. The minimum absolute atomic E-state index is 0.162. The Hall–Kier alpha value is -1.23.